The number of hydrogen-bond donors (Lipinski definition) is 1. The number of rotatable bonds is 3. The molecule has 0 atom stereocenters. The number of ether oxygens (including phenoxy) is 1. The van der Waals surface area contributed by atoms with Crippen LogP contribution >= 0.6 is 11.3 Å². The van der Waals surface area contributed by atoms with Crippen LogP contribution in [0.15, 0.2) is 9.72 Å². The van der Waals surface area contributed by atoms with Crippen molar-refractivity contribution in [3.63, 3.8) is 0 Å². The van der Waals surface area contributed by atoms with Crippen LogP contribution in [0.5, 0.6) is 0 Å². The molecule has 0 amide bonds. The van der Waals surface area contributed by atoms with Crippen molar-refractivity contribution in [1.82, 2.24) is 9.29 Å². The normalized spacial score (nSPS) is 18.4. The smallest absolute Gasteiger partial charge is 0.358 e. The van der Waals surface area contributed by atoms with E-state index in [1.807, 2.05) is 0 Å². The molecule has 1 aromatic rings. The molecule has 1 N–H and O–H groups in total. The molecule has 1 aliphatic rings. The molecule has 0 aromatic carbocycles. The molecule has 0 saturated carbocycles. The number of aromatic nitrogens is 1. The number of carbonyl (C=O) groups excluding carboxylic acids is 1. The Morgan fingerprint density at radius 3 is 2.74 bits per heavy atom. The van der Waals surface area contributed by atoms with Crippen molar-refractivity contribution >= 4 is 27.3 Å². The number of aliphatic hydroxyl groups excluding tert-OH is 1. The number of methoxy groups -OCH3 is 1. The van der Waals surface area contributed by atoms with Crippen LogP contribution in [0.1, 0.15) is 23.3 Å². The largest absolute Gasteiger partial charge is 0.464 e. The number of piperidine rings is 1. The lowest BCUT2D eigenvalue weighted by atomic mass is 10.1. The Kier molecular flexibility index (Phi) is 4.19. The number of aliphatic hydroxyl groups is 1. The quantitative estimate of drug-likeness (QED) is 0.794. The Hall–Kier alpha value is -1.03. The van der Waals surface area contributed by atoms with Crippen molar-refractivity contribution in [2.75, 3.05) is 20.2 Å². The van der Waals surface area contributed by atoms with Crippen LogP contribution < -0.4 is 0 Å². The summed E-state index contributed by atoms with van der Waals surface area (Å²) in [5.41, 5.74) is 1.12. The van der Waals surface area contributed by atoms with Crippen molar-refractivity contribution in [2.24, 2.45) is 0 Å². The number of carbonyl (C=O) groups is 1. The highest BCUT2D eigenvalue weighted by Gasteiger charge is 2.34. The van der Waals surface area contributed by atoms with Gasteiger partial charge in [-0.3, -0.25) is 0 Å². The third kappa shape index (κ3) is 2.78. The van der Waals surface area contributed by atoms with Gasteiger partial charge in [0.25, 0.3) is 10.0 Å². The highest BCUT2D eigenvalue weighted by atomic mass is 32.2. The maximum atomic E-state index is 12.4. The molecular weight excluding hydrogens is 292 g/mol. The van der Waals surface area contributed by atoms with E-state index < -0.39 is 22.1 Å². The Bertz CT molecular complexity index is 560. The molecule has 106 valence electrons. The predicted molar refractivity (Wildman–Crippen MR) is 67.5 cm³/mol. The van der Waals surface area contributed by atoms with Gasteiger partial charge >= 0.3 is 5.97 Å². The molecule has 7 nitrogen and oxygen atoms in total. The van der Waals surface area contributed by atoms with Gasteiger partial charge in [0.15, 0.2) is 9.90 Å². The van der Waals surface area contributed by atoms with Crippen molar-refractivity contribution in [1.29, 1.82) is 0 Å². The van der Waals surface area contributed by atoms with Crippen LogP contribution in [-0.4, -0.2) is 55.1 Å². The fourth-order valence-electron chi connectivity index (χ4n) is 1.85. The van der Waals surface area contributed by atoms with Gasteiger partial charge in [-0.1, -0.05) is 0 Å². The van der Waals surface area contributed by atoms with Crippen molar-refractivity contribution in [2.45, 2.75) is 23.2 Å². The summed E-state index contributed by atoms with van der Waals surface area (Å²) in [6.07, 6.45) is 0.324. The second kappa shape index (κ2) is 5.53. The summed E-state index contributed by atoms with van der Waals surface area (Å²) in [5.74, 6) is -0.767. The zero-order valence-corrected chi connectivity index (χ0v) is 11.9. The molecule has 1 saturated heterocycles. The van der Waals surface area contributed by atoms with E-state index in [1.54, 1.807) is 0 Å². The second-order valence-corrected chi connectivity index (χ2v) is 7.10. The van der Waals surface area contributed by atoms with Crippen LogP contribution in [0.2, 0.25) is 0 Å². The monoisotopic (exact) mass is 306 g/mol. The molecule has 19 heavy (non-hydrogen) atoms. The molecule has 0 aliphatic carbocycles. The lowest BCUT2D eigenvalue weighted by molar-refractivity contribution is 0.0590. The maximum absolute atomic E-state index is 12.4. The van der Waals surface area contributed by atoms with Gasteiger partial charge in [-0.05, 0) is 12.8 Å². The third-order valence-electron chi connectivity index (χ3n) is 2.91. The lowest BCUT2D eigenvalue weighted by Gasteiger charge is -2.28. The molecule has 0 bridgehead atoms. The van der Waals surface area contributed by atoms with Gasteiger partial charge in [-0.25, -0.2) is 18.2 Å². The molecule has 2 heterocycles. The van der Waals surface area contributed by atoms with Gasteiger partial charge < -0.3 is 9.84 Å². The SMILES string of the molecule is COC(=O)c1ncsc1S(=O)(=O)N1CCC(O)CC1. The number of nitrogens with zero attached hydrogens (tertiary/aromatic N) is 2. The van der Waals surface area contributed by atoms with Crippen molar-refractivity contribution in [3.05, 3.63) is 11.2 Å². The van der Waals surface area contributed by atoms with E-state index in [0.717, 1.165) is 11.3 Å². The van der Waals surface area contributed by atoms with E-state index in [-0.39, 0.29) is 23.0 Å². The predicted octanol–water partition coefficient (Wildman–Crippen LogP) is 0.0751. The molecule has 2 rings (SSSR count). The molecule has 0 radical (unpaired) electrons. The van der Waals surface area contributed by atoms with E-state index in [1.165, 1.54) is 16.9 Å². The lowest BCUT2D eigenvalue weighted by Crippen LogP contribution is -2.40. The Labute approximate surface area is 114 Å². The first-order valence-electron chi connectivity index (χ1n) is 5.67. The Morgan fingerprint density at radius 1 is 1.53 bits per heavy atom. The van der Waals surface area contributed by atoms with Gasteiger partial charge in [-0.2, -0.15) is 4.31 Å². The van der Waals surface area contributed by atoms with Crippen LogP contribution in [0.25, 0.3) is 0 Å². The van der Waals surface area contributed by atoms with E-state index >= 15 is 0 Å². The minimum absolute atomic E-state index is 0.101. The number of esters is 1. The number of thiazole rings is 1. The molecule has 0 spiro atoms. The van der Waals surface area contributed by atoms with E-state index in [4.69, 9.17) is 0 Å². The molecule has 1 aromatic heterocycles. The first kappa shape index (κ1) is 14.4. The minimum Gasteiger partial charge on any atom is -0.464 e. The summed E-state index contributed by atoms with van der Waals surface area (Å²) >= 11 is 0.891. The van der Waals surface area contributed by atoms with Crippen LogP contribution in [0.4, 0.5) is 0 Å². The maximum Gasteiger partial charge on any atom is 0.358 e. The van der Waals surface area contributed by atoms with Crippen LogP contribution in [-0.2, 0) is 14.8 Å². The summed E-state index contributed by atoms with van der Waals surface area (Å²) in [4.78, 5) is 15.2. The average Bonchev–Trinajstić information content (AvgIpc) is 2.88. The van der Waals surface area contributed by atoms with E-state index in [9.17, 15) is 18.3 Å². The molecule has 1 fully saturated rings. The fourth-order valence-corrected chi connectivity index (χ4v) is 4.59. The minimum atomic E-state index is -3.75. The summed E-state index contributed by atoms with van der Waals surface area (Å²) < 4.78 is 30.5. The topological polar surface area (TPSA) is 96.8 Å². The zero-order valence-electron chi connectivity index (χ0n) is 10.3. The van der Waals surface area contributed by atoms with Crippen molar-refractivity contribution < 1.29 is 23.1 Å². The highest BCUT2D eigenvalue weighted by Crippen LogP contribution is 2.26. The summed E-state index contributed by atoms with van der Waals surface area (Å²) in [7, 11) is -2.57. The van der Waals surface area contributed by atoms with Gasteiger partial charge in [0, 0.05) is 13.1 Å². The highest BCUT2D eigenvalue weighted by molar-refractivity contribution is 7.91. The summed E-state index contributed by atoms with van der Waals surface area (Å²) in [5, 5.41) is 9.40. The second-order valence-electron chi connectivity index (χ2n) is 4.12. The van der Waals surface area contributed by atoms with Gasteiger partial charge in [0.1, 0.15) is 0 Å². The van der Waals surface area contributed by atoms with Gasteiger partial charge in [0.2, 0.25) is 0 Å². The Morgan fingerprint density at radius 2 is 2.16 bits per heavy atom. The standard InChI is InChI=1S/C10H14N2O5S2/c1-17-9(14)8-10(18-6-11-8)19(15,16)12-4-2-7(13)3-5-12/h6-7,13H,2-5H2,1H3. The van der Waals surface area contributed by atoms with Crippen LogP contribution in [0.3, 0.4) is 0 Å². The fraction of sp³-hybridized carbons (Fsp3) is 0.600. The molecule has 9 heteroatoms. The van der Waals surface area contributed by atoms with Crippen LogP contribution in [0, 0.1) is 0 Å². The van der Waals surface area contributed by atoms with Crippen molar-refractivity contribution in [3.8, 4) is 0 Å². The summed E-state index contributed by atoms with van der Waals surface area (Å²) in [6, 6.07) is 0. The van der Waals surface area contributed by atoms with E-state index in [2.05, 4.69) is 9.72 Å². The van der Waals surface area contributed by atoms with Gasteiger partial charge in [0.05, 0.1) is 18.7 Å². The molecule has 0 unspecified atom stereocenters. The third-order valence-corrected chi connectivity index (χ3v) is 6.16. The first-order valence-corrected chi connectivity index (χ1v) is 7.99. The zero-order chi connectivity index (χ0) is 14.0. The first-order chi connectivity index (χ1) is 8.96. The number of sulfonamides is 1. The number of hydrogen-bond acceptors (Lipinski definition) is 7. The summed E-state index contributed by atoms with van der Waals surface area (Å²) in [6.45, 7) is 0.476. The Balaban J connectivity index is 2.30. The average molecular weight is 306 g/mol. The molecule has 1 aliphatic heterocycles. The van der Waals surface area contributed by atoms with E-state index in [0.29, 0.717) is 12.8 Å². The molecular formula is C10H14N2O5S2. The van der Waals surface area contributed by atoms with Gasteiger partial charge in [-0.15, -0.1) is 11.3 Å².